The van der Waals surface area contributed by atoms with Crippen molar-refractivity contribution in [2.24, 2.45) is 0 Å². The lowest BCUT2D eigenvalue weighted by Gasteiger charge is -2.09. The van der Waals surface area contributed by atoms with Crippen LogP contribution in [0.25, 0.3) is 0 Å². The predicted octanol–water partition coefficient (Wildman–Crippen LogP) is 3.31. The fourth-order valence-corrected chi connectivity index (χ4v) is 1.63. The normalized spacial score (nSPS) is 10.1. The summed E-state index contributed by atoms with van der Waals surface area (Å²) in [6, 6.07) is 13.6. The van der Waals surface area contributed by atoms with Crippen molar-refractivity contribution < 1.29 is 14.6 Å². The van der Waals surface area contributed by atoms with E-state index >= 15 is 0 Å². The molecule has 1 N–H and O–H groups in total. The summed E-state index contributed by atoms with van der Waals surface area (Å²) >= 11 is 5.78. The van der Waals surface area contributed by atoms with Gasteiger partial charge in [0.1, 0.15) is 18.1 Å². The molecule has 2 rings (SSSR count). The van der Waals surface area contributed by atoms with Gasteiger partial charge in [0, 0.05) is 5.02 Å². The third-order valence-corrected chi connectivity index (χ3v) is 2.62. The highest BCUT2D eigenvalue weighted by Gasteiger charge is 2.11. The largest absolute Gasteiger partial charge is 0.457 e. The molecule has 0 aliphatic heterocycles. The lowest BCUT2D eigenvalue weighted by Crippen LogP contribution is -2.05. The number of carbonyl (C=O) groups excluding carboxylic acids is 1. The molecule has 0 bridgehead atoms. The first-order valence-electron chi connectivity index (χ1n) is 5.37. The van der Waals surface area contributed by atoms with Crippen molar-refractivity contribution in [3.63, 3.8) is 0 Å². The Morgan fingerprint density at radius 3 is 2.44 bits per heavy atom. The van der Waals surface area contributed by atoms with Gasteiger partial charge in [-0.2, -0.15) is 0 Å². The number of hydrogen-bond donors (Lipinski definition) is 1. The molecule has 0 radical (unpaired) electrons. The molecule has 4 heteroatoms. The zero-order valence-corrected chi connectivity index (χ0v) is 10.2. The molecule has 0 heterocycles. The van der Waals surface area contributed by atoms with Gasteiger partial charge in [-0.05, 0) is 36.4 Å². The molecule has 0 saturated carbocycles. The van der Waals surface area contributed by atoms with Gasteiger partial charge in [0.25, 0.3) is 0 Å². The maximum Gasteiger partial charge on any atom is 0.191 e. The topological polar surface area (TPSA) is 46.5 Å². The summed E-state index contributed by atoms with van der Waals surface area (Å²) < 4.78 is 5.60. The third kappa shape index (κ3) is 2.88. The zero-order chi connectivity index (χ0) is 13.0. The van der Waals surface area contributed by atoms with E-state index in [1.54, 1.807) is 48.5 Å². The van der Waals surface area contributed by atoms with Crippen molar-refractivity contribution in [1.82, 2.24) is 0 Å². The second-order valence-electron chi connectivity index (χ2n) is 3.63. The molecule has 0 aliphatic carbocycles. The highest BCUT2D eigenvalue weighted by atomic mass is 35.5. The molecule has 0 aliphatic rings. The van der Waals surface area contributed by atoms with E-state index in [1.165, 1.54) is 0 Å². The summed E-state index contributed by atoms with van der Waals surface area (Å²) in [5.41, 5.74) is 0.356. The van der Waals surface area contributed by atoms with Gasteiger partial charge in [0.15, 0.2) is 5.78 Å². The fourth-order valence-electron chi connectivity index (χ4n) is 1.50. The van der Waals surface area contributed by atoms with Crippen LogP contribution in [0.4, 0.5) is 0 Å². The van der Waals surface area contributed by atoms with E-state index in [1.807, 2.05) is 0 Å². The van der Waals surface area contributed by atoms with Gasteiger partial charge in [-0.1, -0.05) is 23.7 Å². The zero-order valence-electron chi connectivity index (χ0n) is 9.47. The molecular weight excluding hydrogens is 252 g/mol. The molecule has 0 amide bonds. The van der Waals surface area contributed by atoms with Gasteiger partial charge >= 0.3 is 0 Å². The Hall–Kier alpha value is -1.84. The van der Waals surface area contributed by atoms with Gasteiger partial charge in [0.05, 0.1) is 5.56 Å². The number of halogens is 1. The van der Waals surface area contributed by atoms with E-state index in [0.29, 0.717) is 22.1 Å². The van der Waals surface area contributed by atoms with Crippen LogP contribution in [0.1, 0.15) is 10.4 Å². The van der Waals surface area contributed by atoms with E-state index in [4.69, 9.17) is 21.4 Å². The summed E-state index contributed by atoms with van der Waals surface area (Å²) in [6.45, 7) is -0.541. The molecule has 3 nitrogen and oxygen atoms in total. The average Bonchev–Trinajstić information content (AvgIpc) is 2.41. The van der Waals surface area contributed by atoms with Crippen molar-refractivity contribution in [1.29, 1.82) is 0 Å². The number of aliphatic hydroxyl groups excluding tert-OH is 1. The number of ketones is 1. The molecule has 0 fully saturated rings. The molecule has 0 unspecified atom stereocenters. The summed E-state index contributed by atoms with van der Waals surface area (Å²) in [5, 5.41) is 9.51. The molecule has 0 atom stereocenters. The molecule has 0 aromatic heterocycles. The molecule has 2 aromatic carbocycles. The van der Waals surface area contributed by atoms with Gasteiger partial charge in [0.2, 0.25) is 0 Å². The van der Waals surface area contributed by atoms with Crippen molar-refractivity contribution in [3.05, 3.63) is 59.1 Å². The van der Waals surface area contributed by atoms with E-state index in [2.05, 4.69) is 0 Å². The number of hydrogen-bond acceptors (Lipinski definition) is 3. The van der Waals surface area contributed by atoms with E-state index < -0.39 is 6.61 Å². The number of rotatable bonds is 4. The van der Waals surface area contributed by atoms with Crippen molar-refractivity contribution in [2.45, 2.75) is 0 Å². The molecule has 0 spiro atoms. The van der Waals surface area contributed by atoms with Crippen LogP contribution in [0.2, 0.25) is 5.02 Å². The standard InChI is InChI=1S/C14H11ClO3/c15-10-5-7-11(8-6-10)18-14-4-2-1-3-12(14)13(17)9-16/h1-8,16H,9H2. The number of benzene rings is 2. The van der Waals surface area contributed by atoms with Crippen LogP contribution in [0, 0.1) is 0 Å². The Morgan fingerprint density at radius 2 is 1.78 bits per heavy atom. The van der Waals surface area contributed by atoms with Gasteiger partial charge < -0.3 is 9.84 Å². The van der Waals surface area contributed by atoms with Crippen molar-refractivity contribution in [2.75, 3.05) is 6.61 Å². The summed E-state index contributed by atoms with van der Waals surface area (Å²) in [7, 11) is 0. The number of para-hydroxylation sites is 1. The van der Waals surface area contributed by atoms with E-state index in [-0.39, 0.29) is 5.78 Å². The molecule has 2 aromatic rings. The first kappa shape index (κ1) is 12.6. The Labute approximate surface area is 110 Å². The smallest absolute Gasteiger partial charge is 0.191 e. The van der Waals surface area contributed by atoms with Gasteiger partial charge in [-0.25, -0.2) is 0 Å². The van der Waals surface area contributed by atoms with Crippen LogP contribution in [0.15, 0.2) is 48.5 Å². The van der Waals surface area contributed by atoms with Crippen LogP contribution >= 0.6 is 11.6 Å². The quantitative estimate of drug-likeness (QED) is 0.860. The van der Waals surface area contributed by atoms with Crippen LogP contribution in [0.3, 0.4) is 0 Å². The van der Waals surface area contributed by atoms with Crippen molar-refractivity contribution in [3.8, 4) is 11.5 Å². The average molecular weight is 263 g/mol. The Kier molecular flexibility index (Phi) is 3.97. The van der Waals surface area contributed by atoms with Gasteiger partial charge in [-0.3, -0.25) is 4.79 Å². The minimum atomic E-state index is -0.541. The predicted molar refractivity (Wildman–Crippen MR) is 69.4 cm³/mol. The summed E-state index contributed by atoms with van der Waals surface area (Å²) in [5.74, 6) is 0.621. The van der Waals surface area contributed by atoms with Crippen LogP contribution in [0.5, 0.6) is 11.5 Å². The molecule has 18 heavy (non-hydrogen) atoms. The minimum absolute atomic E-state index is 0.356. The number of Topliss-reactive ketones (excluding diaryl/α,β-unsaturated/α-hetero) is 1. The minimum Gasteiger partial charge on any atom is -0.457 e. The fraction of sp³-hybridized carbons (Fsp3) is 0.0714. The highest BCUT2D eigenvalue weighted by molar-refractivity contribution is 6.30. The SMILES string of the molecule is O=C(CO)c1ccccc1Oc1ccc(Cl)cc1. The summed E-state index contributed by atoms with van der Waals surface area (Å²) in [4.78, 5) is 11.5. The monoisotopic (exact) mass is 262 g/mol. The van der Waals surface area contributed by atoms with E-state index in [0.717, 1.165) is 0 Å². The Bertz CT molecular complexity index is 549. The Balaban J connectivity index is 2.28. The number of aliphatic hydroxyl groups is 1. The van der Waals surface area contributed by atoms with Gasteiger partial charge in [-0.15, -0.1) is 0 Å². The highest BCUT2D eigenvalue weighted by Crippen LogP contribution is 2.26. The molecule has 0 saturated heterocycles. The van der Waals surface area contributed by atoms with Crippen LogP contribution < -0.4 is 4.74 Å². The Morgan fingerprint density at radius 1 is 1.11 bits per heavy atom. The molecular formula is C14H11ClO3. The lowest BCUT2D eigenvalue weighted by atomic mass is 10.1. The number of carbonyl (C=O) groups is 1. The first-order valence-corrected chi connectivity index (χ1v) is 5.75. The van der Waals surface area contributed by atoms with Crippen LogP contribution in [-0.2, 0) is 0 Å². The third-order valence-electron chi connectivity index (χ3n) is 2.37. The molecule has 92 valence electrons. The second-order valence-corrected chi connectivity index (χ2v) is 4.07. The lowest BCUT2D eigenvalue weighted by molar-refractivity contribution is 0.0901. The maximum atomic E-state index is 11.5. The number of ether oxygens (including phenoxy) is 1. The summed E-state index contributed by atoms with van der Waals surface area (Å²) in [6.07, 6.45) is 0. The maximum absolute atomic E-state index is 11.5. The second kappa shape index (κ2) is 5.67. The van der Waals surface area contributed by atoms with Crippen molar-refractivity contribution >= 4 is 17.4 Å². The van der Waals surface area contributed by atoms with E-state index in [9.17, 15) is 4.79 Å². The van der Waals surface area contributed by atoms with Crippen LogP contribution in [-0.4, -0.2) is 17.5 Å². The first-order chi connectivity index (χ1) is 8.70.